The van der Waals surface area contributed by atoms with Crippen molar-refractivity contribution in [3.63, 3.8) is 0 Å². The van der Waals surface area contributed by atoms with Gasteiger partial charge in [0.25, 0.3) is 0 Å². The van der Waals surface area contributed by atoms with Crippen molar-refractivity contribution in [2.24, 2.45) is 0 Å². The Bertz CT molecular complexity index is 371. The van der Waals surface area contributed by atoms with Crippen LogP contribution < -0.4 is 0 Å². The van der Waals surface area contributed by atoms with Crippen LogP contribution in [0.4, 0.5) is 0 Å². The average Bonchev–Trinajstić information content (AvgIpc) is 2.56. The molecule has 0 saturated heterocycles. The first-order valence-electron chi connectivity index (χ1n) is 3.35. The van der Waals surface area contributed by atoms with Gasteiger partial charge in [-0.25, -0.2) is 9.67 Å². The van der Waals surface area contributed by atoms with Gasteiger partial charge in [-0.05, 0) is 12.1 Å². The SMILES string of the molecule is Clc1cccc(-n2ccnn2)n1. The fourth-order valence-corrected chi connectivity index (χ4v) is 1.01. The van der Waals surface area contributed by atoms with Crippen LogP contribution in [0.3, 0.4) is 0 Å². The molecule has 2 rings (SSSR count). The van der Waals surface area contributed by atoms with Gasteiger partial charge >= 0.3 is 0 Å². The Labute approximate surface area is 73.8 Å². The molecule has 0 spiro atoms. The molecule has 0 amide bonds. The van der Waals surface area contributed by atoms with Crippen LogP contribution in [0.15, 0.2) is 30.6 Å². The Hall–Kier alpha value is -1.42. The van der Waals surface area contributed by atoms with Gasteiger partial charge in [0, 0.05) is 0 Å². The first-order valence-corrected chi connectivity index (χ1v) is 3.73. The van der Waals surface area contributed by atoms with Crippen molar-refractivity contribution < 1.29 is 0 Å². The third-order valence-electron chi connectivity index (χ3n) is 1.36. The summed E-state index contributed by atoms with van der Waals surface area (Å²) in [7, 11) is 0. The highest BCUT2D eigenvalue weighted by Crippen LogP contribution is 2.07. The molecule has 0 N–H and O–H groups in total. The molecule has 5 heteroatoms. The minimum Gasteiger partial charge on any atom is -0.217 e. The predicted octanol–water partition coefficient (Wildman–Crippen LogP) is 1.32. The summed E-state index contributed by atoms with van der Waals surface area (Å²) in [6.45, 7) is 0. The summed E-state index contributed by atoms with van der Waals surface area (Å²) in [5, 5.41) is 7.88. The molecule has 2 aromatic rings. The zero-order chi connectivity index (χ0) is 8.39. The molecule has 0 aliphatic rings. The summed E-state index contributed by atoms with van der Waals surface area (Å²) in [4.78, 5) is 4.04. The van der Waals surface area contributed by atoms with E-state index >= 15 is 0 Å². The van der Waals surface area contributed by atoms with E-state index in [-0.39, 0.29) is 0 Å². The Morgan fingerprint density at radius 3 is 2.92 bits per heavy atom. The highest BCUT2D eigenvalue weighted by molar-refractivity contribution is 6.29. The van der Waals surface area contributed by atoms with E-state index in [1.807, 2.05) is 6.07 Å². The smallest absolute Gasteiger partial charge is 0.156 e. The maximum atomic E-state index is 5.69. The first kappa shape index (κ1) is 7.24. The molecule has 0 aliphatic carbocycles. The molecular weight excluding hydrogens is 176 g/mol. The Morgan fingerprint density at radius 2 is 2.25 bits per heavy atom. The van der Waals surface area contributed by atoms with E-state index in [2.05, 4.69) is 15.3 Å². The Kier molecular flexibility index (Phi) is 1.75. The van der Waals surface area contributed by atoms with Gasteiger partial charge in [-0.3, -0.25) is 0 Å². The first-order chi connectivity index (χ1) is 5.86. The van der Waals surface area contributed by atoms with Crippen molar-refractivity contribution in [1.82, 2.24) is 20.0 Å². The van der Waals surface area contributed by atoms with Crippen LogP contribution in [0.5, 0.6) is 0 Å². The topological polar surface area (TPSA) is 43.6 Å². The van der Waals surface area contributed by atoms with Crippen LogP contribution in [0.2, 0.25) is 5.15 Å². The zero-order valence-corrected chi connectivity index (χ0v) is 6.81. The largest absolute Gasteiger partial charge is 0.217 e. The summed E-state index contributed by atoms with van der Waals surface area (Å²) >= 11 is 5.69. The van der Waals surface area contributed by atoms with E-state index in [0.717, 1.165) is 0 Å². The van der Waals surface area contributed by atoms with Crippen molar-refractivity contribution in [2.75, 3.05) is 0 Å². The van der Waals surface area contributed by atoms with Crippen molar-refractivity contribution in [3.8, 4) is 5.82 Å². The minimum absolute atomic E-state index is 0.447. The number of pyridine rings is 1. The van der Waals surface area contributed by atoms with Gasteiger partial charge in [0.15, 0.2) is 5.82 Å². The maximum Gasteiger partial charge on any atom is 0.156 e. The van der Waals surface area contributed by atoms with E-state index in [1.54, 1.807) is 29.2 Å². The van der Waals surface area contributed by atoms with Crippen LogP contribution in [0.25, 0.3) is 5.82 Å². The summed E-state index contributed by atoms with van der Waals surface area (Å²) in [6, 6.07) is 5.33. The summed E-state index contributed by atoms with van der Waals surface area (Å²) in [5.41, 5.74) is 0. The van der Waals surface area contributed by atoms with Crippen molar-refractivity contribution in [2.45, 2.75) is 0 Å². The maximum absolute atomic E-state index is 5.69. The van der Waals surface area contributed by atoms with Crippen LogP contribution in [-0.2, 0) is 0 Å². The number of hydrogen-bond acceptors (Lipinski definition) is 3. The van der Waals surface area contributed by atoms with Crippen LogP contribution in [0, 0.1) is 0 Å². The van der Waals surface area contributed by atoms with Crippen molar-refractivity contribution in [3.05, 3.63) is 35.7 Å². The quantitative estimate of drug-likeness (QED) is 0.622. The monoisotopic (exact) mass is 180 g/mol. The van der Waals surface area contributed by atoms with Gasteiger partial charge in [-0.15, -0.1) is 5.10 Å². The summed E-state index contributed by atoms with van der Waals surface area (Å²) in [6.07, 6.45) is 3.29. The number of nitrogens with zero attached hydrogens (tertiary/aromatic N) is 4. The molecule has 4 nitrogen and oxygen atoms in total. The number of hydrogen-bond donors (Lipinski definition) is 0. The Balaban J connectivity index is 2.48. The molecule has 0 saturated carbocycles. The van der Waals surface area contributed by atoms with Crippen LogP contribution in [-0.4, -0.2) is 20.0 Å². The second kappa shape index (κ2) is 2.91. The molecule has 0 radical (unpaired) electrons. The molecule has 12 heavy (non-hydrogen) atoms. The highest BCUT2D eigenvalue weighted by Gasteiger charge is 1.97. The molecule has 0 aliphatic heterocycles. The van der Waals surface area contributed by atoms with Crippen molar-refractivity contribution in [1.29, 1.82) is 0 Å². The zero-order valence-electron chi connectivity index (χ0n) is 6.05. The third kappa shape index (κ3) is 1.29. The van der Waals surface area contributed by atoms with Crippen LogP contribution >= 0.6 is 11.6 Å². The van der Waals surface area contributed by atoms with E-state index in [0.29, 0.717) is 11.0 Å². The number of halogens is 1. The Morgan fingerprint density at radius 1 is 1.33 bits per heavy atom. The predicted molar refractivity (Wildman–Crippen MR) is 44.2 cm³/mol. The lowest BCUT2D eigenvalue weighted by Gasteiger charge is -1.97. The fourth-order valence-electron chi connectivity index (χ4n) is 0.856. The van der Waals surface area contributed by atoms with Crippen LogP contribution in [0.1, 0.15) is 0 Å². The molecule has 0 atom stereocenters. The minimum atomic E-state index is 0.447. The standard InChI is InChI=1S/C7H5ClN4/c8-6-2-1-3-7(10-6)12-5-4-9-11-12/h1-5H. The normalized spacial score (nSPS) is 10.1. The van der Waals surface area contributed by atoms with Gasteiger partial charge in [0.05, 0.1) is 12.4 Å². The summed E-state index contributed by atoms with van der Waals surface area (Å²) < 4.78 is 1.55. The lowest BCUT2D eigenvalue weighted by Crippen LogP contribution is -1.97. The van der Waals surface area contributed by atoms with Gasteiger partial charge < -0.3 is 0 Å². The van der Waals surface area contributed by atoms with Gasteiger partial charge in [0.1, 0.15) is 5.15 Å². The van der Waals surface area contributed by atoms with Crippen molar-refractivity contribution >= 4 is 11.6 Å². The second-order valence-corrected chi connectivity index (χ2v) is 2.55. The van der Waals surface area contributed by atoms with E-state index < -0.39 is 0 Å². The van der Waals surface area contributed by atoms with Gasteiger partial charge in [-0.2, -0.15) is 0 Å². The van der Waals surface area contributed by atoms with E-state index in [1.165, 1.54) is 0 Å². The molecular formula is C7H5ClN4. The lowest BCUT2D eigenvalue weighted by molar-refractivity contribution is 0.781. The molecule has 0 unspecified atom stereocenters. The molecule has 60 valence electrons. The number of aromatic nitrogens is 4. The fraction of sp³-hybridized carbons (Fsp3) is 0. The van der Waals surface area contributed by atoms with Gasteiger partial charge in [0.2, 0.25) is 0 Å². The van der Waals surface area contributed by atoms with E-state index in [9.17, 15) is 0 Å². The number of rotatable bonds is 1. The lowest BCUT2D eigenvalue weighted by atomic mass is 10.5. The summed E-state index contributed by atoms with van der Waals surface area (Å²) in [5.74, 6) is 0.667. The van der Waals surface area contributed by atoms with E-state index in [4.69, 9.17) is 11.6 Å². The van der Waals surface area contributed by atoms with Gasteiger partial charge in [-0.1, -0.05) is 22.9 Å². The average molecular weight is 181 g/mol. The molecule has 2 heterocycles. The molecule has 2 aromatic heterocycles. The molecule has 0 fully saturated rings. The second-order valence-electron chi connectivity index (χ2n) is 2.17. The molecule has 0 aromatic carbocycles. The highest BCUT2D eigenvalue weighted by atomic mass is 35.5. The molecule has 0 bridgehead atoms. The third-order valence-corrected chi connectivity index (χ3v) is 1.57.